The molecule has 15 aromatic rings. The SMILES string of the molecule is NC1CCC(n2c(=O)cnc3ncc(CO)cc32)CC1.O=Cc1cc2c(=O)oc3ccc(F)cc3c2[nH]1.O=c1oc2ccc(F)cc2c2[nH]c(CNC3CCC(n4c(=O)cnc5ncc(CO)cc54)CC3)cc12.O=c1oc2ccc(F)cc2c2[nH]c(CNC3CCC(n4c(=O)cnc5ncc(CO)cc54)CC3)cc12. The van der Waals surface area contributed by atoms with E-state index >= 15 is 0 Å². The van der Waals surface area contributed by atoms with Gasteiger partial charge in [0, 0.05) is 95.5 Å². The van der Waals surface area contributed by atoms with Crippen molar-refractivity contribution in [3.8, 4) is 0 Å². The molecule has 12 heterocycles. The maximum atomic E-state index is 13.8. The van der Waals surface area contributed by atoms with Gasteiger partial charge in [-0.3, -0.25) is 19.2 Å². The molecule has 10 N–H and O–H groups in total. The van der Waals surface area contributed by atoms with Crippen LogP contribution < -0.4 is 49.9 Å². The molecule has 3 fully saturated rings. The quantitative estimate of drug-likeness (QED) is 0.0383. The highest BCUT2D eigenvalue weighted by molar-refractivity contribution is 6.05. The number of aliphatic hydroxyl groups is 3. The van der Waals surface area contributed by atoms with Crippen LogP contribution in [0.2, 0.25) is 0 Å². The van der Waals surface area contributed by atoms with Crippen molar-refractivity contribution >= 4 is 105 Å². The van der Waals surface area contributed by atoms with Crippen molar-refractivity contribution in [1.29, 1.82) is 0 Å². The third-order valence-electron chi connectivity index (χ3n) is 20.6. The van der Waals surface area contributed by atoms with Crippen molar-refractivity contribution in [2.75, 3.05) is 0 Å². The van der Waals surface area contributed by atoms with Crippen LogP contribution in [0, 0.1) is 17.5 Å². The van der Waals surface area contributed by atoms with Crippen molar-refractivity contribution in [3.63, 3.8) is 0 Å². The number of halogens is 3. The van der Waals surface area contributed by atoms with Gasteiger partial charge in [-0.15, -0.1) is 0 Å². The highest BCUT2D eigenvalue weighted by atomic mass is 19.1. The van der Waals surface area contributed by atoms with Crippen molar-refractivity contribution in [2.24, 2.45) is 5.73 Å². The summed E-state index contributed by atoms with van der Waals surface area (Å²) < 4.78 is 61.7. The van der Waals surface area contributed by atoms with Crippen LogP contribution in [0.3, 0.4) is 0 Å². The maximum Gasteiger partial charge on any atom is 0.345 e. The number of pyridine rings is 3. The number of carbonyl (C=O) groups excluding carboxylic acids is 1. The van der Waals surface area contributed by atoms with E-state index in [0.717, 1.165) is 88.4 Å². The second kappa shape index (κ2) is 31.1. The van der Waals surface area contributed by atoms with E-state index in [1.807, 2.05) is 0 Å². The maximum absolute atomic E-state index is 13.8. The summed E-state index contributed by atoms with van der Waals surface area (Å²) in [5, 5.41) is 37.8. The zero-order valence-electron chi connectivity index (χ0n) is 58.3. The monoisotopic (exact) mass is 1480 g/mol. The van der Waals surface area contributed by atoms with E-state index in [9.17, 15) is 62.1 Å². The van der Waals surface area contributed by atoms with Crippen LogP contribution in [0.15, 0.2) is 170 Å². The molecule has 28 nitrogen and oxygen atoms in total. The van der Waals surface area contributed by atoms with Crippen LogP contribution in [-0.4, -0.2) is 98.3 Å². The number of H-pyrrole nitrogens is 3. The molecule has 3 saturated carbocycles. The standard InChI is InChI=1S/2C26H24FN5O4.C14H18N4O2.C12H6FNO3/c2*27-15-1-6-22-19(8-15)24-20(26(35)36-22)9-17(31-24)11-28-16-2-4-18(5-3-16)32-21-7-14(13-33)10-29-25(21)30-12-23(32)34;15-10-1-3-11(4-2-10)18-12-5-9(8-19)6-16-14(12)17-7-13(18)20;13-6-1-2-10-8(3-6)11-9(12(16)17-10)4-7(5-15)14-11/h2*1,6-10,12,16,18,28,31,33H,2-5,11,13H2;5-7,10-11,19H,1-4,8,15H2;1-5,14H. The second-order valence-electron chi connectivity index (χ2n) is 27.7. The molecule has 0 aliphatic heterocycles. The van der Waals surface area contributed by atoms with Crippen molar-refractivity contribution in [3.05, 3.63) is 242 Å². The molecule has 0 saturated heterocycles. The minimum atomic E-state index is -0.552. The Morgan fingerprint density at radius 3 is 1.08 bits per heavy atom. The number of nitrogens with one attached hydrogen (secondary N) is 5. The summed E-state index contributed by atoms with van der Waals surface area (Å²) in [4.78, 5) is 119. The van der Waals surface area contributed by atoms with E-state index in [1.165, 1.54) is 79.3 Å². The number of carbonyl (C=O) groups is 1. The van der Waals surface area contributed by atoms with Gasteiger partial charge in [-0.1, -0.05) is 0 Å². The summed E-state index contributed by atoms with van der Waals surface area (Å²) in [5.74, 6) is -1.23. The molecule has 0 unspecified atom stereocenters. The number of benzene rings is 3. The van der Waals surface area contributed by atoms with Crippen molar-refractivity contribution in [1.82, 2.24) is 69.2 Å². The first kappa shape index (κ1) is 72.6. The van der Waals surface area contributed by atoms with Gasteiger partial charge in [0.1, 0.15) is 34.2 Å². The van der Waals surface area contributed by atoms with E-state index in [-0.39, 0.29) is 89.4 Å². The lowest BCUT2D eigenvalue weighted by atomic mass is 9.90. The van der Waals surface area contributed by atoms with Crippen molar-refractivity contribution in [2.45, 2.75) is 146 Å². The van der Waals surface area contributed by atoms with E-state index < -0.39 is 34.3 Å². The first-order valence-corrected chi connectivity index (χ1v) is 35.7. The number of nitrogens with two attached hydrogens (primary N) is 1. The molecular formula is C78H72F3N15O13. The number of hydrogen-bond donors (Lipinski definition) is 9. The number of hydrogen-bond acceptors (Lipinski definition) is 22. The number of aromatic amines is 3. The fourth-order valence-corrected chi connectivity index (χ4v) is 15.2. The Kier molecular flexibility index (Phi) is 20.7. The first-order chi connectivity index (χ1) is 52.9. The molecule has 3 aromatic carbocycles. The summed E-state index contributed by atoms with van der Waals surface area (Å²) in [7, 11) is 0. The van der Waals surface area contributed by atoms with Gasteiger partial charge in [-0.2, -0.15) is 0 Å². The van der Waals surface area contributed by atoms with Crippen LogP contribution in [0.25, 0.3) is 99.1 Å². The zero-order chi connectivity index (χ0) is 75.7. The number of aromatic nitrogens is 12. The molecule has 0 radical (unpaired) electrons. The lowest BCUT2D eigenvalue weighted by Gasteiger charge is -2.31. The molecule has 3 aliphatic rings. The Labute approximate surface area is 612 Å². The third kappa shape index (κ3) is 15.1. The van der Waals surface area contributed by atoms with E-state index in [0.29, 0.717) is 124 Å². The fraction of sp³-hybridized carbons (Fsp3) is 0.295. The number of fused-ring (bicyclic) bond motifs is 12. The van der Waals surface area contributed by atoms with Crippen LogP contribution >= 0.6 is 0 Å². The smallest absolute Gasteiger partial charge is 0.345 e. The van der Waals surface area contributed by atoms with Crippen LogP contribution in [0.5, 0.6) is 0 Å². The van der Waals surface area contributed by atoms with Crippen LogP contribution in [0.1, 0.15) is 134 Å². The summed E-state index contributed by atoms with van der Waals surface area (Å²) in [5.41, 5.74) is 13.9. The van der Waals surface area contributed by atoms with Gasteiger partial charge in [0.2, 0.25) is 0 Å². The minimum absolute atomic E-state index is 0.0239. The summed E-state index contributed by atoms with van der Waals surface area (Å²) in [6.45, 7) is 0.637. The van der Waals surface area contributed by atoms with Gasteiger partial charge in [0.05, 0.1) is 93.4 Å². The number of aldehydes is 1. The van der Waals surface area contributed by atoms with Crippen LogP contribution in [-0.2, 0) is 32.9 Å². The molecule has 109 heavy (non-hydrogen) atoms. The molecule has 3 aliphatic carbocycles. The summed E-state index contributed by atoms with van der Waals surface area (Å²) in [6.07, 6.45) is 19.6. The lowest BCUT2D eigenvalue weighted by Crippen LogP contribution is -2.36. The first-order valence-electron chi connectivity index (χ1n) is 35.7. The largest absolute Gasteiger partial charge is 0.422 e. The van der Waals surface area contributed by atoms with Gasteiger partial charge in [0.25, 0.3) is 16.7 Å². The van der Waals surface area contributed by atoms with Gasteiger partial charge in [-0.25, -0.2) is 57.5 Å². The molecule has 12 aromatic heterocycles. The predicted molar refractivity (Wildman–Crippen MR) is 399 cm³/mol. The predicted octanol–water partition coefficient (Wildman–Crippen LogP) is 9.52. The van der Waals surface area contributed by atoms with Gasteiger partial charge in [-0.05, 0) is 185 Å². The minimum Gasteiger partial charge on any atom is -0.422 e. The summed E-state index contributed by atoms with van der Waals surface area (Å²) >= 11 is 0. The average molecular weight is 1480 g/mol. The molecule has 0 spiro atoms. The third-order valence-corrected chi connectivity index (χ3v) is 20.6. The summed E-state index contributed by atoms with van der Waals surface area (Å²) in [6, 6.07) is 23.2. The Bertz CT molecular complexity index is 6130. The Morgan fingerprint density at radius 1 is 0.422 bits per heavy atom. The number of nitrogens with zero attached hydrogens (tertiary/aromatic N) is 9. The van der Waals surface area contributed by atoms with Gasteiger partial charge < -0.3 is 73.6 Å². The van der Waals surface area contributed by atoms with Crippen molar-refractivity contribution < 1.29 is 46.5 Å². The molecule has 558 valence electrons. The Balaban J connectivity index is 0.000000121. The van der Waals surface area contributed by atoms with E-state index in [4.69, 9.17) is 19.0 Å². The van der Waals surface area contributed by atoms with Gasteiger partial charge in [0.15, 0.2) is 23.2 Å². The molecule has 0 atom stereocenters. The zero-order valence-corrected chi connectivity index (χ0v) is 58.3. The molecule has 0 amide bonds. The molecule has 31 heteroatoms. The molecule has 0 bridgehead atoms. The average Bonchev–Trinajstić information content (AvgIpc) is 1.67. The highest BCUT2D eigenvalue weighted by Gasteiger charge is 2.28. The van der Waals surface area contributed by atoms with Crippen LogP contribution in [0.4, 0.5) is 13.2 Å². The second-order valence-corrected chi connectivity index (χ2v) is 27.7. The molecular weight excluding hydrogens is 1410 g/mol. The van der Waals surface area contributed by atoms with Gasteiger partial charge >= 0.3 is 16.9 Å². The van der Waals surface area contributed by atoms with E-state index in [1.54, 1.807) is 62.6 Å². The number of aliphatic hydroxyl groups excluding tert-OH is 3. The van der Waals surface area contributed by atoms with E-state index in [2.05, 4.69) is 55.5 Å². The number of rotatable bonds is 13. The fourth-order valence-electron chi connectivity index (χ4n) is 15.2. The topological polar surface area (TPSA) is 409 Å². The molecule has 18 rings (SSSR count). The highest BCUT2D eigenvalue weighted by Crippen LogP contribution is 2.34. The Hall–Kier alpha value is -12.0. The Morgan fingerprint density at radius 2 is 0.743 bits per heavy atom. The lowest BCUT2D eigenvalue weighted by molar-refractivity contribution is 0.111. The normalized spacial score (nSPS) is 18.1.